The maximum absolute atomic E-state index is 3.50. The molecule has 1 rings (SSSR count). The summed E-state index contributed by atoms with van der Waals surface area (Å²) in [6.45, 7) is 13.8. The predicted molar refractivity (Wildman–Crippen MR) is 92.4 cm³/mol. The zero-order chi connectivity index (χ0) is 14.5. The molecule has 0 bridgehead atoms. The van der Waals surface area contributed by atoms with E-state index in [1.54, 1.807) is 0 Å². The summed E-state index contributed by atoms with van der Waals surface area (Å²) in [5, 5.41) is 0. The number of hydrogen-bond acceptors (Lipinski definition) is 0. The fraction of sp³-hybridized carbons (Fsp3) is 0.647. The Balaban J connectivity index is 3.09. The molecule has 0 atom stereocenters. The Hall–Kier alpha value is -0.706. The average Bonchev–Trinajstić information content (AvgIpc) is 2.27. The van der Waals surface area contributed by atoms with Gasteiger partial charge in [-0.15, -0.1) is 11.1 Å². The van der Waals surface area contributed by atoms with Gasteiger partial charge in [-0.25, -0.2) is 0 Å². The van der Waals surface area contributed by atoms with Crippen LogP contribution in [-0.2, 0) is 0 Å². The molecule has 0 saturated heterocycles. The van der Waals surface area contributed by atoms with Crippen molar-refractivity contribution in [3.63, 3.8) is 0 Å². The van der Waals surface area contributed by atoms with Crippen molar-refractivity contribution >= 4 is 16.1 Å². The van der Waals surface area contributed by atoms with E-state index in [1.807, 2.05) is 0 Å². The van der Waals surface area contributed by atoms with Crippen molar-refractivity contribution in [1.82, 2.24) is 0 Å². The largest absolute Gasteiger partial charge is 0.129 e. The molecule has 104 valence electrons. The van der Waals surface area contributed by atoms with Gasteiger partial charge >= 0.3 is 0 Å². The third-order valence-corrected chi connectivity index (χ3v) is 4.69. The second kappa shape index (κ2) is 6.64. The molecule has 1 aliphatic carbocycles. The molecule has 0 radical (unpaired) electrons. The van der Waals surface area contributed by atoms with Crippen LogP contribution < -0.4 is 0 Å². The summed E-state index contributed by atoms with van der Waals surface area (Å²) < 4.78 is 0. The maximum Gasteiger partial charge on any atom is 0.129 e. The normalized spacial score (nSPS) is 16.0. The smallest absolute Gasteiger partial charge is 0.126 e. The van der Waals surface area contributed by atoms with Crippen molar-refractivity contribution in [2.45, 2.75) is 71.4 Å². The van der Waals surface area contributed by atoms with Crippen LogP contribution in [0.4, 0.5) is 0 Å². The van der Waals surface area contributed by atoms with E-state index in [9.17, 15) is 0 Å². The lowest BCUT2D eigenvalue weighted by molar-refractivity contribution is 0.597. The Morgan fingerprint density at radius 3 is 1.53 bits per heavy atom. The number of hydrogen-bond donors (Lipinski definition) is 0. The van der Waals surface area contributed by atoms with Gasteiger partial charge in [0.05, 0.1) is 5.57 Å². The molecule has 0 unspecified atom stereocenters. The summed E-state index contributed by atoms with van der Waals surface area (Å²) in [4.78, 5) is 0. The molecular formula is C17H28Si2. The lowest BCUT2D eigenvalue weighted by Gasteiger charge is -2.14. The molecular weight excluding hydrogens is 260 g/mol. The minimum absolute atomic E-state index is 1.17. The third-order valence-electron chi connectivity index (χ3n) is 2.94. The van der Waals surface area contributed by atoms with Gasteiger partial charge in [-0.2, -0.15) is 0 Å². The highest BCUT2D eigenvalue weighted by atomic mass is 28.3. The SMILES string of the molecule is C[Si](C)(C)C#CC(C#C[Si](C)(C)C)=C1CCCCC1. The van der Waals surface area contributed by atoms with Gasteiger partial charge < -0.3 is 0 Å². The summed E-state index contributed by atoms with van der Waals surface area (Å²) in [6, 6.07) is 0. The van der Waals surface area contributed by atoms with Gasteiger partial charge in [0.1, 0.15) is 16.1 Å². The molecule has 19 heavy (non-hydrogen) atoms. The molecule has 1 fully saturated rings. The molecule has 0 aromatic carbocycles. The quantitative estimate of drug-likeness (QED) is 0.434. The lowest BCUT2D eigenvalue weighted by atomic mass is 9.91. The molecule has 1 saturated carbocycles. The van der Waals surface area contributed by atoms with Gasteiger partial charge in [-0.3, -0.25) is 0 Å². The zero-order valence-corrected chi connectivity index (χ0v) is 15.5. The van der Waals surface area contributed by atoms with E-state index in [0.717, 1.165) is 0 Å². The first-order valence-corrected chi connectivity index (χ1v) is 14.5. The van der Waals surface area contributed by atoms with Gasteiger partial charge in [-0.05, 0) is 31.3 Å². The summed E-state index contributed by atoms with van der Waals surface area (Å²) in [7, 11) is -2.62. The van der Waals surface area contributed by atoms with E-state index in [0.29, 0.717) is 0 Å². The highest BCUT2D eigenvalue weighted by Gasteiger charge is 2.12. The molecule has 0 spiro atoms. The summed E-state index contributed by atoms with van der Waals surface area (Å²) >= 11 is 0. The van der Waals surface area contributed by atoms with Crippen LogP contribution in [0.1, 0.15) is 32.1 Å². The van der Waals surface area contributed by atoms with Gasteiger partial charge in [0.15, 0.2) is 0 Å². The second-order valence-electron chi connectivity index (χ2n) is 7.54. The van der Waals surface area contributed by atoms with E-state index in [4.69, 9.17) is 0 Å². The van der Waals surface area contributed by atoms with E-state index in [2.05, 4.69) is 62.2 Å². The summed E-state index contributed by atoms with van der Waals surface area (Å²) in [5.41, 5.74) is 9.70. The second-order valence-corrected chi connectivity index (χ2v) is 17.0. The van der Waals surface area contributed by atoms with Crippen molar-refractivity contribution in [2.75, 3.05) is 0 Å². The van der Waals surface area contributed by atoms with Crippen molar-refractivity contribution < 1.29 is 0 Å². The highest BCUT2D eigenvalue weighted by molar-refractivity contribution is 6.84. The van der Waals surface area contributed by atoms with Crippen LogP contribution in [-0.4, -0.2) is 16.1 Å². The summed E-state index contributed by atoms with van der Waals surface area (Å²) in [5.74, 6) is 6.88. The highest BCUT2D eigenvalue weighted by Crippen LogP contribution is 2.25. The molecule has 0 aromatic heterocycles. The van der Waals surface area contributed by atoms with E-state index in [-0.39, 0.29) is 0 Å². The van der Waals surface area contributed by atoms with Gasteiger partial charge in [0, 0.05) is 0 Å². The molecule has 0 nitrogen and oxygen atoms in total. The number of rotatable bonds is 0. The predicted octanol–water partition coefficient (Wildman–Crippen LogP) is 5.01. The Labute approximate surface area is 122 Å². The van der Waals surface area contributed by atoms with E-state index in [1.165, 1.54) is 43.3 Å². The van der Waals surface area contributed by atoms with Crippen LogP contribution in [0.15, 0.2) is 11.1 Å². The maximum atomic E-state index is 3.50. The van der Waals surface area contributed by atoms with Gasteiger partial charge in [0.25, 0.3) is 0 Å². The first kappa shape index (κ1) is 16.3. The fourth-order valence-corrected chi connectivity index (χ4v) is 2.94. The van der Waals surface area contributed by atoms with Crippen LogP contribution in [0.25, 0.3) is 0 Å². The molecule has 1 aliphatic rings. The molecule has 0 aliphatic heterocycles. The Morgan fingerprint density at radius 1 is 0.737 bits per heavy atom. The Bertz CT molecular complexity index is 420. The molecule has 0 amide bonds. The van der Waals surface area contributed by atoms with Crippen LogP contribution in [0, 0.1) is 22.9 Å². The van der Waals surface area contributed by atoms with E-state index >= 15 is 0 Å². The van der Waals surface area contributed by atoms with Crippen molar-refractivity contribution in [3.8, 4) is 22.9 Å². The standard InChI is InChI=1S/C17H28Si2/c1-18(2,3)14-12-17(13-15-19(4,5)6)16-10-8-7-9-11-16/h7-11H2,1-6H3. The molecule has 0 aromatic rings. The Morgan fingerprint density at radius 2 is 1.16 bits per heavy atom. The van der Waals surface area contributed by atoms with Crippen molar-refractivity contribution in [2.24, 2.45) is 0 Å². The average molecular weight is 289 g/mol. The van der Waals surface area contributed by atoms with Gasteiger partial charge in [0.2, 0.25) is 0 Å². The van der Waals surface area contributed by atoms with Crippen LogP contribution in [0.3, 0.4) is 0 Å². The molecule has 0 heterocycles. The first-order valence-electron chi connectivity index (χ1n) is 7.46. The fourth-order valence-electron chi connectivity index (χ4n) is 1.94. The topological polar surface area (TPSA) is 0 Å². The Kier molecular flexibility index (Phi) is 5.71. The minimum atomic E-state index is -1.31. The first-order chi connectivity index (χ1) is 8.67. The minimum Gasteiger partial charge on any atom is -0.126 e. The van der Waals surface area contributed by atoms with Gasteiger partial charge in [-0.1, -0.05) is 57.5 Å². The van der Waals surface area contributed by atoms with E-state index < -0.39 is 16.1 Å². The molecule has 2 heteroatoms. The van der Waals surface area contributed by atoms with Crippen LogP contribution in [0.5, 0.6) is 0 Å². The van der Waals surface area contributed by atoms with Crippen molar-refractivity contribution in [3.05, 3.63) is 11.1 Å². The summed E-state index contributed by atoms with van der Waals surface area (Å²) in [6.07, 6.45) is 6.45. The lowest BCUT2D eigenvalue weighted by Crippen LogP contribution is -2.17. The van der Waals surface area contributed by atoms with Crippen molar-refractivity contribution in [1.29, 1.82) is 0 Å². The molecule has 0 N–H and O–H groups in total. The van der Waals surface area contributed by atoms with Crippen LogP contribution >= 0.6 is 0 Å². The van der Waals surface area contributed by atoms with Crippen LogP contribution in [0.2, 0.25) is 39.3 Å². The third kappa shape index (κ3) is 7.45. The number of allylic oxidation sites excluding steroid dienone is 2. The monoisotopic (exact) mass is 288 g/mol. The zero-order valence-electron chi connectivity index (χ0n) is 13.5.